The maximum atomic E-state index is 8.92. The molecule has 0 saturated heterocycles. The van der Waals surface area contributed by atoms with E-state index in [1.165, 1.54) is 0 Å². The van der Waals surface area contributed by atoms with Gasteiger partial charge in [-0.05, 0) is 46.2 Å². The Morgan fingerprint density at radius 3 is 1.79 bits per heavy atom. The Morgan fingerprint density at radius 2 is 1.14 bits per heavy atom. The van der Waals surface area contributed by atoms with Crippen LogP contribution in [-0.2, 0) is 6.37 Å². The summed E-state index contributed by atoms with van der Waals surface area (Å²) >= 11 is 0. The highest BCUT2D eigenvalue weighted by molar-refractivity contribution is 6.12. The summed E-state index contributed by atoms with van der Waals surface area (Å²) in [5.74, 6) is 0. The van der Waals surface area contributed by atoms with Crippen LogP contribution in [0.2, 0.25) is 0 Å². The monoisotopic (exact) mass is 546 g/mol. The first-order valence-electron chi connectivity index (χ1n) is 15.2. The first kappa shape index (κ1) is 23.7. The highest BCUT2D eigenvalue weighted by Crippen LogP contribution is 2.40. The molecule has 7 aromatic rings. The topological polar surface area (TPSA) is 38.9 Å². The Bertz CT molecular complexity index is 2130. The number of fused-ring (bicyclic) bond motifs is 3. The second-order valence-corrected chi connectivity index (χ2v) is 11.6. The molecule has 0 atom stereocenters. The number of rotatable bonds is 5. The molecule has 0 amide bonds. The molecule has 3 heteroatoms. The molecule has 42 heavy (non-hydrogen) atoms. The maximum absolute atomic E-state index is 8.92. The number of para-hydroxylation sites is 2. The first-order valence-corrected chi connectivity index (χ1v) is 14.2. The summed E-state index contributed by atoms with van der Waals surface area (Å²) in [6.45, 7) is 5.80. The summed E-state index contributed by atoms with van der Waals surface area (Å²) in [7, 11) is 0. The molecule has 5 aromatic carbocycles. The molecule has 0 radical (unpaired) electrons. The van der Waals surface area contributed by atoms with Crippen LogP contribution in [0.1, 0.15) is 29.1 Å². The summed E-state index contributed by atoms with van der Waals surface area (Å²) in [5.41, 5.74) is 9.12. The standard InChI is InChI=1S/C39H32N2O/c1-39(2,3)24-26-20-21-30(34(22-26)28-14-8-5-9-15-28)35-23-36(41-25-40-35)33-19-11-18-32-31-17-10-16-29(37(31)42-38(32)33)27-12-6-4-7-13-27/h4-23,25H,24H2,1-3H3/i24D2. The van der Waals surface area contributed by atoms with Crippen LogP contribution < -0.4 is 0 Å². The Morgan fingerprint density at radius 1 is 0.571 bits per heavy atom. The Kier molecular flexibility index (Phi) is 5.87. The van der Waals surface area contributed by atoms with Crippen LogP contribution in [0.5, 0.6) is 0 Å². The van der Waals surface area contributed by atoms with Gasteiger partial charge in [0.15, 0.2) is 0 Å². The predicted molar refractivity (Wildman–Crippen MR) is 174 cm³/mol. The van der Waals surface area contributed by atoms with Crippen LogP contribution in [0.4, 0.5) is 0 Å². The molecule has 0 aliphatic rings. The molecular formula is C39H32N2O. The van der Waals surface area contributed by atoms with Crippen molar-refractivity contribution in [2.45, 2.75) is 27.1 Å². The molecule has 0 bridgehead atoms. The van der Waals surface area contributed by atoms with Gasteiger partial charge in [0.25, 0.3) is 0 Å². The second kappa shape index (κ2) is 10.4. The van der Waals surface area contributed by atoms with E-state index in [4.69, 9.17) is 17.1 Å². The smallest absolute Gasteiger partial charge is 0.144 e. The minimum Gasteiger partial charge on any atom is -0.455 e. The van der Waals surface area contributed by atoms with E-state index >= 15 is 0 Å². The highest BCUT2D eigenvalue weighted by Gasteiger charge is 2.18. The number of hydrogen-bond donors (Lipinski definition) is 0. The van der Waals surface area contributed by atoms with Gasteiger partial charge >= 0.3 is 0 Å². The van der Waals surface area contributed by atoms with E-state index in [0.717, 1.165) is 66.7 Å². The number of furan rings is 1. The van der Waals surface area contributed by atoms with E-state index in [-0.39, 0.29) is 0 Å². The minimum absolute atomic E-state index is 0.573. The van der Waals surface area contributed by atoms with Gasteiger partial charge in [0.05, 0.1) is 11.4 Å². The van der Waals surface area contributed by atoms with Crippen LogP contribution in [0.3, 0.4) is 0 Å². The van der Waals surface area contributed by atoms with Crippen molar-refractivity contribution in [3.63, 3.8) is 0 Å². The normalized spacial score (nSPS) is 12.8. The molecule has 0 fully saturated rings. The summed E-state index contributed by atoms with van der Waals surface area (Å²) in [4.78, 5) is 9.40. The van der Waals surface area contributed by atoms with Gasteiger partial charge in [-0.2, -0.15) is 0 Å². The number of benzene rings is 5. The van der Waals surface area contributed by atoms with E-state index in [2.05, 4.69) is 48.5 Å². The highest BCUT2D eigenvalue weighted by atomic mass is 16.3. The van der Waals surface area contributed by atoms with E-state index < -0.39 is 11.8 Å². The quantitative estimate of drug-likeness (QED) is 0.215. The fourth-order valence-electron chi connectivity index (χ4n) is 5.65. The number of hydrogen-bond acceptors (Lipinski definition) is 3. The SMILES string of the molecule is [2H]C([2H])(c1ccc(-c2cc(-c3cccc4c3oc3c(-c5ccccc5)cccc34)ncn2)c(-c2ccccc2)c1)C(C)(C)C. The maximum Gasteiger partial charge on any atom is 0.144 e. The lowest BCUT2D eigenvalue weighted by Gasteiger charge is -2.20. The van der Waals surface area contributed by atoms with E-state index in [0.29, 0.717) is 5.56 Å². The van der Waals surface area contributed by atoms with Gasteiger partial charge in [-0.1, -0.05) is 130 Å². The van der Waals surface area contributed by atoms with Crippen LogP contribution in [0.25, 0.3) is 66.7 Å². The third-order valence-electron chi connectivity index (χ3n) is 7.45. The third kappa shape index (κ3) is 4.88. The van der Waals surface area contributed by atoms with Crippen molar-refractivity contribution in [2.75, 3.05) is 0 Å². The van der Waals surface area contributed by atoms with Gasteiger partial charge in [-0.15, -0.1) is 0 Å². The van der Waals surface area contributed by atoms with Crippen molar-refractivity contribution in [2.24, 2.45) is 5.41 Å². The number of nitrogens with zero attached hydrogens (tertiary/aromatic N) is 2. The van der Waals surface area contributed by atoms with E-state index in [9.17, 15) is 0 Å². The molecule has 0 saturated carbocycles. The molecule has 7 rings (SSSR count). The second-order valence-electron chi connectivity index (χ2n) is 11.6. The van der Waals surface area contributed by atoms with Crippen LogP contribution in [-0.4, -0.2) is 9.97 Å². The fourth-order valence-corrected chi connectivity index (χ4v) is 5.65. The van der Waals surface area contributed by atoms with Crippen molar-refractivity contribution < 1.29 is 7.16 Å². The molecule has 2 heterocycles. The lowest BCUT2D eigenvalue weighted by atomic mass is 9.86. The fraction of sp³-hybridized carbons (Fsp3) is 0.128. The molecule has 0 aliphatic carbocycles. The lowest BCUT2D eigenvalue weighted by Crippen LogP contribution is -2.09. The summed E-state index contributed by atoms with van der Waals surface area (Å²) < 4.78 is 24.5. The zero-order valence-electron chi connectivity index (χ0n) is 25.9. The Hall–Kier alpha value is -5.02. The molecule has 204 valence electrons. The van der Waals surface area contributed by atoms with Crippen molar-refractivity contribution in [1.29, 1.82) is 0 Å². The third-order valence-corrected chi connectivity index (χ3v) is 7.45. The Labute approximate surface area is 249 Å². The zero-order valence-corrected chi connectivity index (χ0v) is 23.9. The van der Waals surface area contributed by atoms with Gasteiger partial charge in [-0.3, -0.25) is 0 Å². The molecule has 0 spiro atoms. The van der Waals surface area contributed by atoms with Gasteiger partial charge in [-0.25, -0.2) is 9.97 Å². The largest absolute Gasteiger partial charge is 0.455 e. The van der Waals surface area contributed by atoms with Crippen LogP contribution >= 0.6 is 0 Å². The predicted octanol–water partition coefficient (Wildman–Crippen LogP) is 10.6. The van der Waals surface area contributed by atoms with Crippen molar-refractivity contribution >= 4 is 21.9 Å². The zero-order chi connectivity index (χ0) is 30.5. The van der Waals surface area contributed by atoms with Crippen LogP contribution in [0, 0.1) is 5.41 Å². The van der Waals surface area contributed by atoms with Crippen molar-refractivity contribution in [3.05, 3.63) is 133 Å². The van der Waals surface area contributed by atoms with E-state index in [1.807, 2.05) is 93.6 Å². The van der Waals surface area contributed by atoms with Crippen LogP contribution in [0.15, 0.2) is 132 Å². The summed E-state index contributed by atoms with van der Waals surface area (Å²) in [5, 5.41) is 2.10. The van der Waals surface area contributed by atoms with Crippen molar-refractivity contribution in [3.8, 4) is 44.8 Å². The van der Waals surface area contributed by atoms with E-state index in [1.54, 1.807) is 6.33 Å². The summed E-state index contributed by atoms with van der Waals surface area (Å²) in [6, 6.07) is 40.7. The van der Waals surface area contributed by atoms with Gasteiger partial charge < -0.3 is 4.42 Å². The summed E-state index contributed by atoms with van der Waals surface area (Å²) in [6.07, 6.45) is 0.0695. The lowest BCUT2D eigenvalue weighted by molar-refractivity contribution is 0.411. The molecule has 3 nitrogen and oxygen atoms in total. The average Bonchev–Trinajstić information content (AvgIpc) is 3.44. The average molecular weight is 547 g/mol. The molecule has 0 N–H and O–H groups in total. The molecule has 0 aliphatic heterocycles. The molecule has 0 unspecified atom stereocenters. The molecular weight excluding hydrogens is 512 g/mol. The minimum atomic E-state index is -1.53. The van der Waals surface area contributed by atoms with Gasteiger partial charge in [0, 0.05) is 30.2 Å². The van der Waals surface area contributed by atoms with Gasteiger partial charge in [0.1, 0.15) is 17.5 Å². The first-order chi connectivity index (χ1) is 21.2. The van der Waals surface area contributed by atoms with Gasteiger partial charge in [0.2, 0.25) is 0 Å². The molecule has 2 aromatic heterocycles. The Balaban J connectivity index is 1.39. The van der Waals surface area contributed by atoms with Crippen molar-refractivity contribution in [1.82, 2.24) is 9.97 Å². The number of aromatic nitrogens is 2.